The van der Waals surface area contributed by atoms with E-state index in [1.165, 1.54) is 18.4 Å². The Balaban J connectivity index is 1.91. The van der Waals surface area contributed by atoms with E-state index in [9.17, 15) is 9.59 Å². The normalized spacial score (nSPS) is 9.85. The fraction of sp³-hybridized carbons (Fsp3) is 0.143. The minimum Gasteiger partial charge on any atom is -0.453 e. The molecule has 0 unspecified atom stereocenters. The van der Waals surface area contributed by atoms with Crippen molar-refractivity contribution in [3.8, 4) is 0 Å². The van der Waals surface area contributed by atoms with Crippen LogP contribution in [0.3, 0.4) is 0 Å². The SMILES string of the molecule is COC(=O)NCc1ccc(NC(=O)c2cccs2)cc1. The third kappa shape index (κ3) is 3.83. The van der Waals surface area contributed by atoms with Crippen molar-refractivity contribution in [3.05, 3.63) is 52.2 Å². The van der Waals surface area contributed by atoms with Gasteiger partial charge in [-0.05, 0) is 29.1 Å². The first-order valence-electron chi connectivity index (χ1n) is 5.94. The summed E-state index contributed by atoms with van der Waals surface area (Å²) in [5.74, 6) is -0.125. The summed E-state index contributed by atoms with van der Waals surface area (Å²) < 4.78 is 4.48. The van der Waals surface area contributed by atoms with Crippen LogP contribution in [0.2, 0.25) is 0 Å². The summed E-state index contributed by atoms with van der Waals surface area (Å²) in [6, 6.07) is 10.9. The summed E-state index contributed by atoms with van der Waals surface area (Å²) in [5.41, 5.74) is 1.63. The van der Waals surface area contributed by atoms with E-state index in [1.807, 2.05) is 23.6 Å². The second kappa shape index (κ2) is 6.72. The molecule has 6 heteroatoms. The number of methoxy groups -OCH3 is 1. The van der Waals surface area contributed by atoms with Gasteiger partial charge < -0.3 is 15.4 Å². The second-order valence-electron chi connectivity index (χ2n) is 3.97. The number of thiophene rings is 1. The summed E-state index contributed by atoms with van der Waals surface area (Å²) in [6.07, 6.45) is -0.472. The van der Waals surface area contributed by atoms with Crippen molar-refractivity contribution in [1.29, 1.82) is 0 Å². The lowest BCUT2D eigenvalue weighted by atomic mass is 10.2. The second-order valence-corrected chi connectivity index (χ2v) is 4.92. The van der Waals surface area contributed by atoms with Gasteiger partial charge in [0.15, 0.2) is 0 Å². The smallest absolute Gasteiger partial charge is 0.407 e. The van der Waals surface area contributed by atoms with Gasteiger partial charge in [0.2, 0.25) is 0 Å². The van der Waals surface area contributed by atoms with Crippen LogP contribution >= 0.6 is 11.3 Å². The Kier molecular flexibility index (Phi) is 4.73. The molecule has 5 nitrogen and oxygen atoms in total. The molecule has 0 bridgehead atoms. The van der Waals surface area contributed by atoms with E-state index in [1.54, 1.807) is 18.2 Å². The number of hydrogen-bond donors (Lipinski definition) is 2. The summed E-state index contributed by atoms with van der Waals surface area (Å²) >= 11 is 1.39. The summed E-state index contributed by atoms with van der Waals surface area (Å²) in [7, 11) is 1.32. The first-order chi connectivity index (χ1) is 9.69. The van der Waals surface area contributed by atoms with Gasteiger partial charge >= 0.3 is 6.09 Å². The molecule has 1 aromatic carbocycles. The minimum atomic E-state index is -0.472. The van der Waals surface area contributed by atoms with Crippen molar-refractivity contribution in [2.75, 3.05) is 12.4 Å². The molecule has 2 aromatic rings. The van der Waals surface area contributed by atoms with E-state index in [-0.39, 0.29) is 5.91 Å². The Morgan fingerprint density at radius 1 is 1.20 bits per heavy atom. The minimum absolute atomic E-state index is 0.125. The zero-order valence-corrected chi connectivity index (χ0v) is 11.7. The molecular formula is C14H14N2O3S. The van der Waals surface area contributed by atoms with Crippen molar-refractivity contribution in [1.82, 2.24) is 5.32 Å². The van der Waals surface area contributed by atoms with Crippen LogP contribution in [0.15, 0.2) is 41.8 Å². The average Bonchev–Trinajstić information content (AvgIpc) is 3.00. The molecule has 1 aromatic heterocycles. The molecule has 2 N–H and O–H groups in total. The largest absolute Gasteiger partial charge is 0.453 e. The maximum absolute atomic E-state index is 11.8. The Morgan fingerprint density at radius 3 is 2.55 bits per heavy atom. The molecule has 104 valence electrons. The predicted molar refractivity (Wildman–Crippen MR) is 78.0 cm³/mol. The molecular weight excluding hydrogens is 276 g/mol. The molecule has 0 radical (unpaired) electrons. The molecule has 0 aliphatic heterocycles. The van der Waals surface area contributed by atoms with Crippen LogP contribution < -0.4 is 10.6 Å². The van der Waals surface area contributed by atoms with Crippen molar-refractivity contribution in [2.24, 2.45) is 0 Å². The Morgan fingerprint density at radius 2 is 1.95 bits per heavy atom. The number of ether oxygens (including phenoxy) is 1. The van der Waals surface area contributed by atoms with Gasteiger partial charge in [-0.15, -0.1) is 11.3 Å². The third-order valence-electron chi connectivity index (χ3n) is 2.58. The first-order valence-corrected chi connectivity index (χ1v) is 6.82. The molecule has 0 aliphatic carbocycles. The topological polar surface area (TPSA) is 67.4 Å². The van der Waals surface area contributed by atoms with Gasteiger partial charge in [-0.2, -0.15) is 0 Å². The summed E-state index contributed by atoms with van der Waals surface area (Å²) in [6.45, 7) is 0.381. The highest BCUT2D eigenvalue weighted by atomic mass is 32.1. The molecule has 0 fully saturated rings. The number of alkyl carbamates (subject to hydrolysis) is 1. The van der Waals surface area contributed by atoms with E-state index in [0.29, 0.717) is 17.1 Å². The maximum atomic E-state index is 11.8. The predicted octanol–water partition coefficient (Wildman–Crippen LogP) is 2.86. The monoisotopic (exact) mass is 290 g/mol. The van der Waals surface area contributed by atoms with Crippen LogP contribution in [-0.4, -0.2) is 19.1 Å². The highest BCUT2D eigenvalue weighted by Crippen LogP contribution is 2.14. The van der Waals surface area contributed by atoms with Crippen molar-refractivity contribution < 1.29 is 14.3 Å². The molecule has 0 spiro atoms. The zero-order valence-electron chi connectivity index (χ0n) is 10.9. The molecule has 0 aliphatic rings. The molecule has 0 atom stereocenters. The van der Waals surface area contributed by atoms with Crippen molar-refractivity contribution in [2.45, 2.75) is 6.54 Å². The van der Waals surface area contributed by atoms with Gasteiger partial charge in [0.1, 0.15) is 0 Å². The van der Waals surface area contributed by atoms with E-state index in [2.05, 4.69) is 15.4 Å². The Labute approximate surface area is 120 Å². The number of carbonyl (C=O) groups excluding carboxylic acids is 2. The number of rotatable bonds is 4. The third-order valence-corrected chi connectivity index (χ3v) is 3.45. The quantitative estimate of drug-likeness (QED) is 0.910. The van der Waals surface area contributed by atoms with Crippen LogP contribution in [0.1, 0.15) is 15.2 Å². The lowest BCUT2D eigenvalue weighted by Crippen LogP contribution is -2.22. The van der Waals surface area contributed by atoms with Gasteiger partial charge in [0.05, 0.1) is 12.0 Å². The maximum Gasteiger partial charge on any atom is 0.407 e. The number of hydrogen-bond acceptors (Lipinski definition) is 4. The highest BCUT2D eigenvalue weighted by Gasteiger charge is 2.06. The Hall–Kier alpha value is -2.34. The fourth-order valence-electron chi connectivity index (χ4n) is 1.55. The van der Waals surface area contributed by atoms with Gasteiger partial charge in [-0.3, -0.25) is 4.79 Å². The van der Waals surface area contributed by atoms with Gasteiger partial charge in [-0.1, -0.05) is 18.2 Å². The lowest BCUT2D eigenvalue weighted by molar-refractivity contribution is 0.103. The number of anilines is 1. The van der Waals surface area contributed by atoms with Crippen LogP contribution in [0.5, 0.6) is 0 Å². The molecule has 2 amide bonds. The Bertz CT molecular complexity index is 579. The van der Waals surface area contributed by atoms with Crippen LogP contribution in [0.4, 0.5) is 10.5 Å². The molecule has 20 heavy (non-hydrogen) atoms. The number of nitrogens with one attached hydrogen (secondary N) is 2. The van der Waals surface area contributed by atoms with Crippen molar-refractivity contribution in [3.63, 3.8) is 0 Å². The number of benzene rings is 1. The fourth-order valence-corrected chi connectivity index (χ4v) is 2.17. The average molecular weight is 290 g/mol. The van der Waals surface area contributed by atoms with Gasteiger partial charge in [0.25, 0.3) is 5.91 Å². The van der Waals surface area contributed by atoms with Crippen LogP contribution in [-0.2, 0) is 11.3 Å². The summed E-state index contributed by atoms with van der Waals surface area (Å²) in [4.78, 5) is 23.4. The van der Waals surface area contributed by atoms with Gasteiger partial charge in [0, 0.05) is 12.2 Å². The zero-order chi connectivity index (χ0) is 14.4. The van der Waals surface area contributed by atoms with E-state index >= 15 is 0 Å². The highest BCUT2D eigenvalue weighted by molar-refractivity contribution is 7.12. The van der Waals surface area contributed by atoms with E-state index < -0.39 is 6.09 Å². The van der Waals surface area contributed by atoms with Crippen molar-refractivity contribution >= 4 is 29.0 Å². The van der Waals surface area contributed by atoms with Crippen LogP contribution in [0.25, 0.3) is 0 Å². The molecule has 1 heterocycles. The van der Waals surface area contributed by atoms with E-state index in [0.717, 1.165) is 5.56 Å². The first kappa shape index (κ1) is 14.1. The van der Waals surface area contributed by atoms with Crippen LogP contribution in [0, 0.1) is 0 Å². The van der Waals surface area contributed by atoms with E-state index in [4.69, 9.17) is 0 Å². The van der Waals surface area contributed by atoms with Gasteiger partial charge in [-0.25, -0.2) is 4.79 Å². The lowest BCUT2D eigenvalue weighted by Gasteiger charge is -2.06. The molecule has 2 rings (SSSR count). The number of amides is 2. The molecule has 0 saturated carbocycles. The standard InChI is InChI=1S/C14H14N2O3S/c1-19-14(18)15-9-10-4-6-11(7-5-10)16-13(17)12-3-2-8-20-12/h2-8H,9H2,1H3,(H,15,18)(H,16,17). The summed E-state index contributed by atoms with van der Waals surface area (Å²) in [5, 5.41) is 7.25. The number of carbonyl (C=O) groups is 2. The molecule has 0 saturated heterocycles.